The van der Waals surface area contributed by atoms with Crippen molar-refractivity contribution in [2.45, 2.75) is 70.6 Å². The van der Waals surface area contributed by atoms with Gasteiger partial charge in [0.25, 0.3) is 0 Å². The number of hydrogen-bond acceptors (Lipinski definition) is 6. The van der Waals surface area contributed by atoms with Crippen LogP contribution in [-0.2, 0) is 34.4 Å². The zero-order chi connectivity index (χ0) is 26.2. The van der Waals surface area contributed by atoms with Crippen molar-refractivity contribution >= 4 is 25.8 Å². The molecule has 0 heterocycles. The predicted octanol–water partition coefficient (Wildman–Crippen LogP) is 4.44. The van der Waals surface area contributed by atoms with Gasteiger partial charge in [-0.1, -0.05) is 27.7 Å². The molecule has 0 saturated carbocycles. The molecule has 192 valence electrons. The number of benzene rings is 2. The molecule has 4 rings (SSSR count). The molecule has 0 bridgehead atoms. The molecule has 1 spiro atoms. The van der Waals surface area contributed by atoms with Crippen molar-refractivity contribution < 1.29 is 38.2 Å². The van der Waals surface area contributed by atoms with Gasteiger partial charge in [0.15, 0.2) is 0 Å². The quantitative estimate of drug-likeness (QED) is 0.408. The van der Waals surface area contributed by atoms with Crippen molar-refractivity contribution in [2.75, 3.05) is 13.2 Å². The summed E-state index contributed by atoms with van der Waals surface area (Å²) in [6, 6.07) is 6.25. The first-order valence-corrected chi connectivity index (χ1v) is 14.9. The minimum atomic E-state index is -4.21. The summed E-state index contributed by atoms with van der Waals surface area (Å²) in [4.78, 5) is 20.9. The van der Waals surface area contributed by atoms with Crippen molar-refractivity contribution in [2.24, 2.45) is 0 Å². The van der Waals surface area contributed by atoms with Crippen LogP contribution in [0.1, 0.15) is 76.6 Å². The Hall–Kier alpha value is -1.66. The molecule has 2 atom stereocenters. The SMILES string of the molecule is CCOP(=O)(O)c1cc2c(cc1O)C1(CC2(C)C)CC(C)(C)c2cc(P(=O)(O)OCC)c(O)cc21. The molecular formula is C25H34O8P2. The second kappa shape index (κ2) is 8.17. The van der Waals surface area contributed by atoms with E-state index in [0.717, 1.165) is 22.3 Å². The zero-order valence-corrected chi connectivity index (χ0v) is 22.7. The van der Waals surface area contributed by atoms with Crippen molar-refractivity contribution in [3.63, 3.8) is 0 Å². The second-order valence-electron chi connectivity index (χ2n) is 10.9. The third-order valence-corrected chi connectivity index (χ3v) is 10.6. The lowest BCUT2D eigenvalue weighted by molar-refractivity contribution is 0.282. The summed E-state index contributed by atoms with van der Waals surface area (Å²) < 4.78 is 35.7. The lowest BCUT2D eigenvalue weighted by atomic mass is 9.72. The molecule has 0 aliphatic heterocycles. The summed E-state index contributed by atoms with van der Waals surface area (Å²) >= 11 is 0. The fraction of sp³-hybridized carbons (Fsp3) is 0.520. The fourth-order valence-corrected chi connectivity index (χ4v) is 8.57. The van der Waals surface area contributed by atoms with E-state index in [-0.39, 0.29) is 35.3 Å². The topological polar surface area (TPSA) is 134 Å². The van der Waals surface area contributed by atoms with Gasteiger partial charge in [0.1, 0.15) is 22.1 Å². The normalized spacial score (nSPS) is 25.1. The highest BCUT2D eigenvalue weighted by Crippen LogP contribution is 2.64. The molecule has 10 heteroatoms. The van der Waals surface area contributed by atoms with Gasteiger partial charge in [-0.2, -0.15) is 0 Å². The summed E-state index contributed by atoms with van der Waals surface area (Å²) in [7, 11) is -8.42. The van der Waals surface area contributed by atoms with Crippen LogP contribution < -0.4 is 10.6 Å². The average molecular weight is 524 g/mol. The molecule has 2 aromatic rings. The van der Waals surface area contributed by atoms with E-state index < -0.39 is 31.4 Å². The Kier molecular flexibility index (Phi) is 6.17. The van der Waals surface area contributed by atoms with Crippen LogP contribution in [0.4, 0.5) is 0 Å². The van der Waals surface area contributed by atoms with Crippen molar-refractivity contribution in [3.05, 3.63) is 46.5 Å². The van der Waals surface area contributed by atoms with Crippen molar-refractivity contribution in [1.82, 2.24) is 0 Å². The van der Waals surface area contributed by atoms with Crippen LogP contribution in [0.2, 0.25) is 0 Å². The zero-order valence-electron chi connectivity index (χ0n) is 21.0. The number of aromatic hydroxyl groups is 2. The maximum absolute atomic E-state index is 12.8. The first-order chi connectivity index (χ1) is 16.0. The molecule has 2 aromatic carbocycles. The molecule has 0 radical (unpaired) electrons. The van der Waals surface area contributed by atoms with Crippen molar-refractivity contribution in [3.8, 4) is 11.5 Å². The maximum Gasteiger partial charge on any atom is 0.362 e. The van der Waals surface area contributed by atoms with E-state index in [1.807, 2.05) is 27.7 Å². The van der Waals surface area contributed by atoms with Gasteiger partial charge in [0.05, 0.1) is 13.2 Å². The predicted molar refractivity (Wildman–Crippen MR) is 134 cm³/mol. The van der Waals surface area contributed by atoms with Crippen LogP contribution >= 0.6 is 15.2 Å². The Morgan fingerprint density at radius 3 is 1.37 bits per heavy atom. The number of phenols is 2. The molecule has 0 fully saturated rings. The van der Waals surface area contributed by atoms with E-state index in [9.17, 15) is 29.1 Å². The Morgan fingerprint density at radius 1 is 0.714 bits per heavy atom. The molecule has 0 amide bonds. The molecule has 2 aliphatic rings. The second-order valence-corrected chi connectivity index (χ2v) is 14.4. The van der Waals surface area contributed by atoms with Crippen molar-refractivity contribution in [1.29, 1.82) is 0 Å². The fourth-order valence-electron chi connectivity index (χ4n) is 6.29. The highest BCUT2D eigenvalue weighted by atomic mass is 31.2. The summed E-state index contributed by atoms with van der Waals surface area (Å²) in [6.07, 6.45) is 1.25. The molecular weight excluding hydrogens is 490 g/mol. The van der Waals surface area contributed by atoms with E-state index >= 15 is 0 Å². The van der Waals surface area contributed by atoms with Gasteiger partial charge in [0.2, 0.25) is 0 Å². The van der Waals surface area contributed by atoms with Gasteiger partial charge < -0.3 is 29.0 Å². The van der Waals surface area contributed by atoms with E-state index in [4.69, 9.17) is 9.05 Å². The monoisotopic (exact) mass is 524 g/mol. The van der Waals surface area contributed by atoms with Gasteiger partial charge in [-0.05, 0) is 84.0 Å². The first-order valence-electron chi connectivity index (χ1n) is 11.7. The van der Waals surface area contributed by atoms with Crippen LogP contribution in [0.5, 0.6) is 11.5 Å². The maximum atomic E-state index is 12.8. The highest BCUT2D eigenvalue weighted by molar-refractivity contribution is 7.61. The van der Waals surface area contributed by atoms with Crippen LogP contribution in [-0.4, -0.2) is 33.2 Å². The minimum Gasteiger partial charge on any atom is -0.507 e. The van der Waals surface area contributed by atoms with Gasteiger partial charge in [0, 0.05) is 5.41 Å². The smallest absolute Gasteiger partial charge is 0.362 e. The molecule has 35 heavy (non-hydrogen) atoms. The Balaban J connectivity index is 1.98. The third-order valence-electron chi connectivity index (χ3n) is 7.42. The van der Waals surface area contributed by atoms with Crippen LogP contribution in [0.15, 0.2) is 24.3 Å². The Morgan fingerprint density at radius 2 is 1.06 bits per heavy atom. The van der Waals surface area contributed by atoms with Gasteiger partial charge in [-0.15, -0.1) is 0 Å². The molecule has 2 aliphatic carbocycles. The lowest BCUT2D eigenvalue weighted by Gasteiger charge is -2.30. The lowest BCUT2D eigenvalue weighted by Crippen LogP contribution is -2.27. The molecule has 0 saturated heterocycles. The molecule has 4 N–H and O–H groups in total. The average Bonchev–Trinajstić information content (AvgIpc) is 3.05. The van der Waals surface area contributed by atoms with Crippen LogP contribution in [0.3, 0.4) is 0 Å². The summed E-state index contributed by atoms with van der Waals surface area (Å²) in [5.41, 5.74) is 1.83. The van der Waals surface area contributed by atoms with E-state index in [1.54, 1.807) is 38.1 Å². The number of rotatable bonds is 6. The van der Waals surface area contributed by atoms with Crippen LogP contribution in [0.25, 0.3) is 0 Å². The Bertz CT molecular complexity index is 1200. The number of phenolic OH excluding ortho intramolecular Hbond substituents is 2. The van der Waals surface area contributed by atoms with E-state index in [2.05, 4.69) is 0 Å². The minimum absolute atomic E-state index is 0.0251. The molecule has 0 aromatic heterocycles. The number of hydrogen-bond donors (Lipinski definition) is 4. The van der Waals surface area contributed by atoms with Gasteiger partial charge in [-0.25, -0.2) is 0 Å². The first kappa shape index (κ1) is 26.4. The summed E-state index contributed by atoms with van der Waals surface area (Å²) in [6.45, 7) is 11.4. The summed E-state index contributed by atoms with van der Waals surface area (Å²) in [5, 5.41) is 21.4. The third kappa shape index (κ3) is 3.99. The highest BCUT2D eigenvalue weighted by Gasteiger charge is 2.57. The Labute approximate surface area is 206 Å². The van der Waals surface area contributed by atoms with E-state index in [1.165, 1.54) is 0 Å². The van der Waals surface area contributed by atoms with Gasteiger partial charge >= 0.3 is 15.2 Å². The molecule has 8 nitrogen and oxygen atoms in total. The van der Waals surface area contributed by atoms with E-state index in [0.29, 0.717) is 12.8 Å². The standard InChI is InChI=1S/C25H34O8P2/c1-7-32-34(28,29)21-11-15-17(9-19(21)26)25(13-23(15,3)4)14-24(5,6)16-12-22(20(27)10-18(16)25)35(30,31)33-8-2/h9-12,26-27H,7-8,13-14H2,1-6H3,(H,28,29)(H,30,31). The number of fused-ring (bicyclic) bond motifs is 4. The summed E-state index contributed by atoms with van der Waals surface area (Å²) in [5.74, 6) is -0.633. The molecule has 2 unspecified atom stereocenters. The van der Waals surface area contributed by atoms with Crippen LogP contribution in [0, 0.1) is 0 Å². The largest absolute Gasteiger partial charge is 0.507 e. The van der Waals surface area contributed by atoms with Gasteiger partial charge in [-0.3, -0.25) is 9.13 Å².